The fraction of sp³-hybridized carbons (Fsp3) is 0.667. The van der Waals surface area contributed by atoms with Gasteiger partial charge in [-0.2, -0.15) is 0 Å². The van der Waals surface area contributed by atoms with E-state index in [1.165, 1.54) is 11.1 Å². The summed E-state index contributed by atoms with van der Waals surface area (Å²) in [6.45, 7) is 7.49. The van der Waals surface area contributed by atoms with E-state index in [-0.39, 0.29) is 29.4 Å². The fourth-order valence-corrected chi connectivity index (χ4v) is 4.31. The lowest BCUT2D eigenvalue weighted by Gasteiger charge is -2.40. The van der Waals surface area contributed by atoms with Crippen LogP contribution in [0.4, 0.5) is 0 Å². The summed E-state index contributed by atoms with van der Waals surface area (Å²) in [5, 5.41) is 3.66. The molecule has 152 valence electrons. The van der Waals surface area contributed by atoms with Gasteiger partial charge in [0, 0.05) is 58.3 Å². The number of nitrogens with one attached hydrogen (secondary N) is 1. The third-order valence-electron chi connectivity index (χ3n) is 5.88. The van der Waals surface area contributed by atoms with Gasteiger partial charge in [0.1, 0.15) is 0 Å². The molecule has 1 N–H and O–H groups in total. The van der Waals surface area contributed by atoms with Crippen molar-refractivity contribution in [3.05, 3.63) is 35.4 Å². The second-order valence-corrected chi connectivity index (χ2v) is 7.72. The van der Waals surface area contributed by atoms with Crippen molar-refractivity contribution in [2.45, 2.75) is 31.6 Å². The van der Waals surface area contributed by atoms with E-state index in [0.717, 1.165) is 64.7 Å². The lowest BCUT2D eigenvalue weighted by Crippen LogP contribution is -2.49. The molecule has 6 heteroatoms. The van der Waals surface area contributed by atoms with Crippen LogP contribution in [-0.2, 0) is 14.9 Å². The first-order valence-electron chi connectivity index (χ1n) is 9.78. The number of hydrogen-bond donors (Lipinski definition) is 1. The van der Waals surface area contributed by atoms with Crippen LogP contribution in [0.25, 0.3) is 0 Å². The second kappa shape index (κ2) is 10.6. The summed E-state index contributed by atoms with van der Waals surface area (Å²) in [7, 11) is 3.99. The van der Waals surface area contributed by atoms with Crippen molar-refractivity contribution in [2.24, 2.45) is 10.9 Å². The molecular weight excluding hydrogens is 453 g/mol. The van der Waals surface area contributed by atoms with Crippen LogP contribution in [0.15, 0.2) is 29.3 Å². The Balaban J connectivity index is 0.00000261. The van der Waals surface area contributed by atoms with E-state index in [1.54, 1.807) is 0 Å². The zero-order chi connectivity index (χ0) is 18.4. The minimum atomic E-state index is 0. The molecule has 1 unspecified atom stereocenters. The topological polar surface area (TPSA) is 46.1 Å². The normalized spacial score (nSPS) is 22.2. The highest BCUT2D eigenvalue weighted by atomic mass is 127. The van der Waals surface area contributed by atoms with Gasteiger partial charge in [0.25, 0.3) is 0 Å². The van der Waals surface area contributed by atoms with Gasteiger partial charge in [-0.15, -0.1) is 24.0 Å². The van der Waals surface area contributed by atoms with Gasteiger partial charge in [-0.1, -0.05) is 24.3 Å². The summed E-state index contributed by atoms with van der Waals surface area (Å²) in [6.07, 6.45) is 3.23. The van der Waals surface area contributed by atoms with Gasteiger partial charge < -0.3 is 19.7 Å². The summed E-state index contributed by atoms with van der Waals surface area (Å²) < 4.78 is 11.2. The standard InChI is InChI=1S/C21H33N3O2.HI/c1-17-6-4-5-7-19(17)21(9-12-25-13-10-21)16-23-20(22-2)24(3)14-18-8-11-26-15-18;/h4-7,18H,8-16H2,1-3H3,(H,22,23);1H. The monoisotopic (exact) mass is 487 g/mol. The molecule has 0 amide bonds. The maximum Gasteiger partial charge on any atom is 0.193 e. The van der Waals surface area contributed by atoms with Gasteiger partial charge in [0.05, 0.1) is 6.61 Å². The van der Waals surface area contributed by atoms with Crippen LogP contribution >= 0.6 is 24.0 Å². The van der Waals surface area contributed by atoms with Crippen LogP contribution in [0, 0.1) is 12.8 Å². The van der Waals surface area contributed by atoms with Crippen LogP contribution in [0.5, 0.6) is 0 Å². The zero-order valence-electron chi connectivity index (χ0n) is 16.9. The highest BCUT2D eigenvalue weighted by Gasteiger charge is 2.36. The molecule has 2 aliphatic heterocycles. The predicted octanol–water partition coefficient (Wildman–Crippen LogP) is 3.20. The third-order valence-corrected chi connectivity index (χ3v) is 5.88. The average molecular weight is 487 g/mol. The third kappa shape index (κ3) is 5.57. The van der Waals surface area contributed by atoms with E-state index in [2.05, 4.69) is 53.4 Å². The van der Waals surface area contributed by atoms with Crippen molar-refractivity contribution in [3.8, 4) is 0 Å². The molecule has 0 saturated carbocycles. The summed E-state index contributed by atoms with van der Waals surface area (Å²) >= 11 is 0. The van der Waals surface area contributed by atoms with E-state index >= 15 is 0 Å². The van der Waals surface area contributed by atoms with E-state index < -0.39 is 0 Å². The van der Waals surface area contributed by atoms with Crippen molar-refractivity contribution >= 4 is 29.9 Å². The Morgan fingerprint density at radius 2 is 1.96 bits per heavy atom. The van der Waals surface area contributed by atoms with Gasteiger partial charge in [0.15, 0.2) is 5.96 Å². The fourth-order valence-electron chi connectivity index (χ4n) is 4.31. The molecule has 1 aromatic rings. The second-order valence-electron chi connectivity index (χ2n) is 7.72. The van der Waals surface area contributed by atoms with Crippen molar-refractivity contribution in [1.82, 2.24) is 10.2 Å². The first kappa shape index (κ1) is 22.4. The van der Waals surface area contributed by atoms with Crippen LogP contribution in [0.2, 0.25) is 0 Å². The number of guanidine groups is 1. The van der Waals surface area contributed by atoms with Crippen LogP contribution in [0.3, 0.4) is 0 Å². The maximum absolute atomic E-state index is 5.67. The van der Waals surface area contributed by atoms with E-state index in [1.807, 2.05) is 7.05 Å². The predicted molar refractivity (Wildman–Crippen MR) is 121 cm³/mol. The van der Waals surface area contributed by atoms with Gasteiger partial charge in [-0.05, 0) is 37.3 Å². The Morgan fingerprint density at radius 3 is 2.59 bits per heavy atom. The summed E-state index contributed by atoms with van der Waals surface area (Å²) in [5.41, 5.74) is 2.91. The number of benzene rings is 1. The molecule has 5 nitrogen and oxygen atoms in total. The number of ether oxygens (including phenoxy) is 2. The van der Waals surface area contributed by atoms with E-state index in [4.69, 9.17) is 9.47 Å². The zero-order valence-corrected chi connectivity index (χ0v) is 19.2. The molecule has 0 aromatic heterocycles. The van der Waals surface area contributed by atoms with E-state index in [9.17, 15) is 0 Å². The largest absolute Gasteiger partial charge is 0.381 e. The van der Waals surface area contributed by atoms with Crippen LogP contribution in [0.1, 0.15) is 30.4 Å². The lowest BCUT2D eigenvalue weighted by atomic mass is 9.72. The Bertz CT molecular complexity index is 611. The van der Waals surface area contributed by atoms with Gasteiger partial charge in [-0.25, -0.2) is 0 Å². The Morgan fingerprint density at radius 1 is 1.22 bits per heavy atom. The molecule has 1 aromatic carbocycles. The molecular formula is C21H34IN3O2. The average Bonchev–Trinajstić information content (AvgIpc) is 3.16. The minimum Gasteiger partial charge on any atom is -0.381 e. The van der Waals surface area contributed by atoms with Crippen molar-refractivity contribution in [1.29, 1.82) is 0 Å². The highest BCUT2D eigenvalue weighted by Crippen LogP contribution is 2.36. The molecule has 2 heterocycles. The molecule has 2 saturated heterocycles. The number of nitrogens with zero attached hydrogens (tertiary/aromatic N) is 2. The Kier molecular flexibility index (Phi) is 8.82. The number of halogens is 1. The van der Waals surface area contributed by atoms with Crippen molar-refractivity contribution < 1.29 is 9.47 Å². The molecule has 2 aliphatic rings. The number of aliphatic imine (C=N–C) groups is 1. The van der Waals surface area contributed by atoms with Crippen molar-refractivity contribution in [3.63, 3.8) is 0 Å². The molecule has 1 atom stereocenters. The quantitative estimate of drug-likeness (QED) is 0.394. The lowest BCUT2D eigenvalue weighted by molar-refractivity contribution is 0.0510. The van der Waals surface area contributed by atoms with Gasteiger partial charge in [0.2, 0.25) is 0 Å². The molecule has 0 bridgehead atoms. The molecule has 3 rings (SSSR count). The highest BCUT2D eigenvalue weighted by molar-refractivity contribution is 14.0. The summed E-state index contributed by atoms with van der Waals surface area (Å²) in [5.74, 6) is 1.57. The smallest absolute Gasteiger partial charge is 0.193 e. The molecule has 0 spiro atoms. The molecule has 2 fully saturated rings. The van der Waals surface area contributed by atoms with Gasteiger partial charge in [-0.3, -0.25) is 4.99 Å². The molecule has 27 heavy (non-hydrogen) atoms. The first-order chi connectivity index (χ1) is 12.6. The summed E-state index contributed by atoms with van der Waals surface area (Å²) in [6, 6.07) is 8.77. The van der Waals surface area contributed by atoms with Crippen LogP contribution in [-0.4, -0.2) is 64.5 Å². The molecule has 0 radical (unpaired) electrons. The molecule has 0 aliphatic carbocycles. The SMILES string of the molecule is CN=C(NCC1(c2ccccc2C)CCOCC1)N(C)CC1CCOC1.I. The maximum atomic E-state index is 5.67. The Labute approximate surface area is 180 Å². The van der Waals surface area contributed by atoms with E-state index in [0.29, 0.717) is 5.92 Å². The number of hydrogen-bond acceptors (Lipinski definition) is 3. The van der Waals surface area contributed by atoms with Crippen LogP contribution < -0.4 is 5.32 Å². The number of rotatable bonds is 5. The van der Waals surface area contributed by atoms with Crippen molar-refractivity contribution in [2.75, 3.05) is 53.6 Å². The number of aryl methyl sites for hydroxylation is 1. The Hall–Kier alpha value is -0.860. The first-order valence-corrected chi connectivity index (χ1v) is 9.78. The summed E-state index contributed by atoms with van der Waals surface area (Å²) in [4.78, 5) is 6.76. The minimum absolute atomic E-state index is 0. The van der Waals surface area contributed by atoms with Gasteiger partial charge >= 0.3 is 0 Å².